The van der Waals surface area contributed by atoms with Crippen molar-refractivity contribution >= 4 is 22.7 Å². The summed E-state index contributed by atoms with van der Waals surface area (Å²) in [5, 5.41) is 6.65. The maximum Gasteiger partial charge on any atom is 0.257 e. The number of piperidine rings is 1. The predicted octanol–water partition coefficient (Wildman–Crippen LogP) is 1.25. The number of hydrogen-bond acceptors (Lipinski definition) is 4. The average Bonchev–Trinajstić information content (AvgIpc) is 3.56. The van der Waals surface area contributed by atoms with Gasteiger partial charge in [-0.05, 0) is 50.3 Å². The number of pyridine rings is 1. The van der Waals surface area contributed by atoms with Gasteiger partial charge in [0.05, 0.1) is 6.54 Å². The molecule has 2 aromatic rings. The summed E-state index contributed by atoms with van der Waals surface area (Å²) in [7, 11) is 0. The zero-order valence-corrected chi connectivity index (χ0v) is 15.9. The van der Waals surface area contributed by atoms with Crippen molar-refractivity contribution in [2.24, 2.45) is 5.92 Å². The van der Waals surface area contributed by atoms with E-state index < -0.39 is 5.91 Å². The normalized spacial score (nSPS) is 17.6. The van der Waals surface area contributed by atoms with Gasteiger partial charge in [-0.2, -0.15) is 0 Å². The van der Waals surface area contributed by atoms with Gasteiger partial charge in [0.2, 0.25) is 11.3 Å². The topological polar surface area (TPSA) is 94.3 Å². The molecule has 2 amide bonds. The second-order valence-corrected chi connectivity index (χ2v) is 7.77. The Balaban J connectivity index is 1.28. The third kappa shape index (κ3) is 4.25. The van der Waals surface area contributed by atoms with Crippen LogP contribution in [0.2, 0.25) is 0 Å². The number of carbonyl (C=O) groups excluding carboxylic acids is 2. The molecule has 1 aromatic heterocycles. The van der Waals surface area contributed by atoms with Crippen LogP contribution in [0.1, 0.15) is 36.0 Å². The number of nitrogens with one attached hydrogen (secondary N) is 3. The van der Waals surface area contributed by atoms with Crippen LogP contribution in [-0.4, -0.2) is 53.9 Å². The van der Waals surface area contributed by atoms with Gasteiger partial charge in [0.15, 0.2) is 0 Å². The largest absolute Gasteiger partial charge is 0.360 e. The number of likely N-dealkylation sites (tertiary alicyclic amines) is 1. The lowest BCUT2D eigenvalue weighted by atomic mass is 10.0. The molecule has 3 N–H and O–H groups in total. The maximum absolute atomic E-state index is 12.5. The van der Waals surface area contributed by atoms with Crippen molar-refractivity contribution in [1.82, 2.24) is 20.5 Å². The van der Waals surface area contributed by atoms with E-state index in [-0.39, 0.29) is 23.4 Å². The first-order chi connectivity index (χ1) is 13.6. The lowest BCUT2D eigenvalue weighted by molar-refractivity contribution is -0.131. The highest BCUT2D eigenvalue weighted by molar-refractivity contribution is 5.98. The summed E-state index contributed by atoms with van der Waals surface area (Å²) in [6, 6.07) is 7.52. The van der Waals surface area contributed by atoms with Crippen LogP contribution in [0, 0.1) is 5.92 Å². The molecule has 7 heteroatoms. The minimum atomic E-state index is -0.527. The lowest BCUT2D eigenvalue weighted by Gasteiger charge is -2.32. The molecule has 0 unspecified atom stereocenters. The van der Waals surface area contributed by atoms with Crippen molar-refractivity contribution in [3.05, 3.63) is 46.2 Å². The number of para-hydroxylation sites is 1. The molecule has 148 valence electrons. The third-order valence-corrected chi connectivity index (χ3v) is 5.67. The standard InChI is InChI=1S/C21H26N4O3/c26-19(25-9-7-15(8-10-25)22-11-14-5-6-14)13-24-21(28)17-12-23-18-4-2-1-3-16(18)20(17)27/h1-4,12,14-15,22H,5-11,13H2,(H,23,27)(H,24,28). The average molecular weight is 382 g/mol. The Morgan fingerprint density at radius 2 is 1.86 bits per heavy atom. The van der Waals surface area contributed by atoms with Crippen LogP contribution in [0.15, 0.2) is 35.3 Å². The van der Waals surface area contributed by atoms with Crippen LogP contribution in [-0.2, 0) is 4.79 Å². The van der Waals surface area contributed by atoms with Crippen LogP contribution in [0.4, 0.5) is 0 Å². The fraction of sp³-hybridized carbons (Fsp3) is 0.476. The van der Waals surface area contributed by atoms with E-state index in [0.29, 0.717) is 30.0 Å². The Kier molecular flexibility index (Phi) is 5.43. The number of fused-ring (bicyclic) bond motifs is 1. The van der Waals surface area contributed by atoms with E-state index >= 15 is 0 Å². The molecule has 0 bridgehead atoms. The minimum absolute atomic E-state index is 0.0227. The van der Waals surface area contributed by atoms with Gasteiger partial charge >= 0.3 is 0 Å². The van der Waals surface area contributed by atoms with E-state index in [9.17, 15) is 14.4 Å². The third-order valence-electron chi connectivity index (χ3n) is 5.67. The zero-order chi connectivity index (χ0) is 19.5. The van der Waals surface area contributed by atoms with Crippen LogP contribution >= 0.6 is 0 Å². The molecule has 1 aliphatic heterocycles. The van der Waals surface area contributed by atoms with E-state index in [1.807, 2.05) is 6.07 Å². The molecule has 4 rings (SSSR count). The van der Waals surface area contributed by atoms with E-state index in [4.69, 9.17) is 0 Å². The number of amides is 2. The number of nitrogens with zero attached hydrogens (tertiary/aromatic N) is 1. The van der Waals surface area contributed by atoms with E-state index in [0.717, 1.165) is 25.3 Å². The van der Waals surface area contributed by atoms with E-state index in [2.05, 4.69) is 15.6 Å². The first-order valence-corrected chi connectivity index (χ1v) is 10.0. The molecule has 1 aliphatic carbocycles. The lowest BCUT2D eigenvalue weighted by Crippen LogP contribution is -2.48. The van der Waals surface area contributed by atoms with Gasteiger partial charge in [-0.1, -0.05) is 12.1 Å². The number of rotatable bonds is 6. The summed E-state index contributed by atoms with van der Waals surface area (Å²) in [6.07, 6.45) is 5.96. The van der Waals surface area contributed by atoms with Gasteiger partial charge in [-0.25, -0.2) is 0 Å². The maximum atomic E-state index is 12.5. The fourth-order valence-electron chi connectivity index (χ4n) is 3.69. The molecule has 7 nitrogen and oxygen atoms in total. The van der Waals surface area contributed by atoms with Gasteiger partial charge in [-0.15, -0.1) is 0 Å². The summed E-state index contributed by atoms with van der Waals surface area (Å²) in [5.74, 6) is 0.223. The van der Waals surface area contributed by atoms with Crippen LogP contribution in [0.5, 0.6) is 0 Å². The molecule has 0 radical (unpaired) electrons. The van der Waals surface area contributed by atoms with Crippen molar-refractivity contribution in [3.63, 3.8) is 0 Å². The van der Waals surface area contributed by atoms with Gasteiger partial charge in [0.1, 0.15) is 5.56 Å². The summed E-state index contributed by atoms with van der Waals surface area (Å²) in [6.45, 7) is 2.40. The number of carbonyl (C=O) groups is 2. The SMILES string of the molecule is O=C(NCC(=O)N1CCC(NCC2CC2)CC1)c1c[nH]c2ccccc2c1=O. The predicted molar refractivity (Wildman–Crippen MR) is 107 cm³/mol. The smallest absolute Gasteiger partial charge is 0.257 e. The number of H-pyrrole nitrogens is 1. The Morgan fingerprint density at radius 3 is 2.61 bits per heavy atom. The highest BCUT2D eigenvalue weighted by atomic mass is 16.2. The second-order valence-electron chi connectivity index (χ2n) is 7.77. The first-order valence-electron chi connectivity index (χ1n) is 10.0. The highest BCUT2D eigenvalue weighted by Gasteiger charge is 2.26. The van der Waals surface area contributed by atoms with Gasteiger partial charge in [0, 0.05) is 36.2 Å². The molecule has 0 spiro atoms. The molecule has 1 aromatic carbocycles. The monoisotopic (exact) mass is 382 g/mol. The zero-order valence-electron chi connectivity index (χ0n) is 15.9. The Bertz CT molecular complexity index is 927. The molecular formula is C21H26N4O3. The summed E-state index contributed by atoms with van der Waals surface area (Å²) < 4.78 is 0. The first kappa shape index (κ1) is 18.7. The molecule has 2 aliphatic rings. The number of hydrogen-bond donors (Lipinski definition) is 3. The van der Waals surface area contributed by atoms with Crippen molar-refractivity contribution < 1.29 is 9.59 Å². The van der Waals surface area contributed by atoms with Crippen LogP contribution < -0.4 is 16.1 Å². The van der Waals surface area contributed by atoms with Crippen LogP contribution in [0.3, 0.4) is 0 Å². The fourth-order valence-corrected chi connectivity index (χ4v) is 3.69. The number of aromatic nitrogens is 1. The van der Waals surface area contributed by atoms with E-state index in [1.54, 1.807) is 23.1 Å². The molecule has 1 saturated carbocycles. The minimum Gasteiger partial charge on any atom is -0.360 e. The molecule has 2 heterocycles. The molecule has 0 atom stereocenters. The highest BCUT2D eigenvalue weighted by Crippen LogP contribution is 2.28. The van der Waals surface area contributed by atoms with Gasteiger partial charge in [-0.3, -0.25) is 14.4 Å². The van der Waals surface area contributed by atoms with E-state index in [1.165, 1.54) is 19.0 Å². The second kappa shape index (κ2) is 8.14. The summed E-state index contributed by atoms with van der Waals surface area (Å²) in [5.41, 5.74) is 0.370. The summed E-state index contributed by atoms with van der Waals surface area (Å²) >= 11 is 0. The molecule has 28 heavy (non-hydrogen) atoms. The van der Waals surface area contributed by atoms with Crippen molar-refractivity contribution in [2.75, 3.05) is 26.2 Å². The Labute approximate surface area is 163 Å². The summed E-state index contributed by atoms with van der Waals surface area (Å²) in [4.78, 5) is 42.0. The number of benzene rings is 1. The van der Waals surface area contributed by atoms with Gasteiger partial charge in [0.25, 0.3) is 5.91 Å². The molecular weight excluding hydrogens is 356 g/mol. The van der Waals surface area contributed by atoms with Crippen molar-refractivity contribution in [3.8, 4) is 0 Å². The van der Waals surface area contributed by atoms with Crippen LogP contribution in [0.25, 0.3) is 10.9 Å². The Hall–Kier alpha value is -2.67. The van der Waals surface area contributed by atoms with Crippen molar-refractivity contribution in [2.45, 2.75) is 31.7 Å². The molecule has 1 saturated heterocycles. The molecule has 2 fully saturated rings. The van der Waals surface area contributed by atoms with Gasteiger partial charge < -0.3 is 20.5 Å². The Morgan fingerprint density at radius 1 is 1.11 bits per heavy atom. The number of aromatic amines is 1. The van der Waals surface area contributed by atoms with Crippen molar-refractivity contribution in [1.29, 1.82) is 0 Å². The quantitative estimate of drug-likeness (QED) is 0.701.